The summed E-state index contributed by atoms with van der Waals surface area (Å²) < 4.78 is 0. The number of likely N-dealkylation sites (tertiary alicyclic amines) is 1. The molecule has 2 rings (SSSR count). The molecule has 23 heavy (non-hydrogen) atoms. The normalized spacial score (nSPS) is 19.4. The van der Waals surface area contributed by atoms with E-state index in [0.29, 0.717) is 24.4 Å². The number of nitrogens with one attached hydrogen (secondary N) is 1. The molecule has 6 nitrogen and oxygen atoms in total. The first-order valence-electron chi connectivity index (χ1n) is 7.82. The molecule has 1 aromatic heterocycles. The highest BCUT2D eigenvalue weighted by atomic mass is 32.1. The van der Waals surface area contributed by atoms with Gasteiger partial charge in [0, 0.05) is 13.1 Å². The number of nitrogens with two attached hydrogens (primary N) is 1. The van der Waals surface area contributed by atoms with Gasteiger partial charge in [0.05, 0.1) is 10.8 Å². The number of carbonyl (C=O) groups excluding carboxylic acids is 3. The fourth-order valence-electron chi connectivity index (χ4n) is 2.77. The van der Waals surface area contributed by atoms with Crippen molar-refractivity contribution in [1.82, 2.24) is 10.2 Å². The topological polar surface area (TPSA) is 92.5 Å². The van der Waals surface area contributed by atoms with Crippen LogP contribution in [-0.2, 0) is 9.59 Å². The Bertz CT molecular complexity index is 571. The van der Waals surface area contributed by atoms with Gasteiger partial charge in [-0.2, -0.15) is 0 Å². The third kappa shape index (κ3) is 4.31. The maximum Gasteiger partial charge on any atom is 0.263 e. The summed E-state index contributed by atoms with van der Waals surface area (Å²) in [5.74, 6) is -1.13. The van der Waals surface area contributed by atoms with Gasteiger partial charge in [-0.3, -0.25) is 14.4 Å². The molecule has 126 valence electrons. The van der Waals surface area contributed by atoms with Crippen LogP contribution in [0.3, 0.4) is 0 Å². The van der Waals surface area contributed by atoms with E-state index in [2.05, 4.69) is 5.32 Å². The van der Waals surface area contributed by atoms with Crippen molar-refractivity contribution in [1.29, 1.82) is 0 Å². The van der Waals surface area contributed by atoms with Crippen LogP contribution in [0.4, 0.5) is 0 Å². The number of piperidine rings is 1. The second-order valence-corrected chi connectivity index (χ2v) is 7.15. The molecule has 1 saturated heterocycles. The Kier molecular flexibility index (Phi) is 5.76. The smallest absolute Gasteiger partial charge is 0.263 e. The van der Waals surface area contributed by atoms with Gasteiger partial charge in [-0.15, -0.1) is 11.3 Å². The first-order chi connectivity index (χ1) is 10.9. The molecule has 1 aliphatic rings. The summed E-state index contributed by atoms with van der Waals surface area (Å²) in [6.45, 7) is 4.71. The molecule has 0 saturated carbocycles. The number of hydrogen-bond donors (Lipinski definition) is 2. The van der Waals surface area contributed by atoms with E-state index in [-0.39, 0.29) is 23.7 Å². The van der Waals surface area contributed by atoms with Gasteiger partial charge in [0.25, 0.3) is 5.91 Å². The van der Waals surface area contributed by atoms with Crippen LogP contribution < -0.4 is 11.1 Å². The summed E-state index contributed by atoms with van der Waals surface area (Å²) >= 11 is 1.40. The van der Waals surface area contributed by atoms with Crippen LogP contribution in [0.2, 0.25) is 0 Å². The summed E-state index contributed by atoms with van der Waals surface area (Å²) in [6, 6.07) is 2.95. The van der Waals surface area contributed by atoms with Gasteiger partial charge in [0.1, 0.15) is 6.04 Å². The lowest BCUT2D eigenvalue weighted by Crippen LogP contribution is -2.52. The lowest BCUT2D eigenvalue weighted by molar-refractivity contribution is -0.131. The number of amides is 3. The minimum atomic E-state index is -0.675. The van der Waals surface area contributed by atoms with E-state index < -0.39 is 11.9 Å². The summed E-state index contributed by atoms with van der Waals surface area (Å²) in [5, 5.41) is 4.59. The molecular formula is C16H23N3O3S. The molecule has 0 aliphatic carbocycles. The van der Waals surface area contributed by atoms with E-state index in [1.165, 1.54) is 11.3 Å². The zero-order valence-corrected chi connectivity index (χ0v) is 14.3. The van der Waals surface area contributed by atoms with Crippen LogP contribution in [0.25, 0.3) is 0 Å². The molecule has 3 amide bonds. The fraction of sp³-hybridized carbons (Fsp3) is 0.562. The molecule has 1 aromatic rings. The van der Waals surface area contributed by atoms with E-state index in [1.807, 2.05) is 25.3 Å². The van der Waals surface area contributed by atoms with Gasteiger partial charge in [-0.05, 0) is 30.2 Å². The van der Waals surface area contributed by atoms with Gasteiger partial charge in [-0.1, -0.05) is 19.9 Å². The van der Waals surface area contributed by atoms with E-state index in [9.17, 15) is 14.4 Å². The van der Waals surface area contributed by atoms with Crippen molar-refractivity contribution in [3.8, 4) is 0 Å². The number of nitrogens with zero attached hydrogens (tertiary/aromatic N) is 1. The van der Waals surface area contributed by atoms with Gasteiger partial charge >= 0.3 is 0 Å². The predicted molar refractivity (Wildman–Crippen MR) is 88.9 cm³/mol. The van der Waals surface area contributed by atoms with Gasteiger partial charge < -0.3 is 16.0 Å². The lowest BCUT2D eigenvalue weighted by Gasteiger charge is -2.32. The first kappa shape index (κ1) is 17.5. The van der Waals surface area contributed by atoms with Crippen molar-refractivity contribution in [3.05, 3.63) is 22.4 Å². The van der Waals surface area contributed by atoms with Crippen LogP contribution in [0.1, 0.15) is 36.4 Å². The number of primary amides is 1. The summed E-state index contributed by atoms with van der Waals surface area (Å²) in [7, 11) is 0. The van der Waals surface area contributed by atoms with E-state index in [0.717, 1.165) is 6.42 Å². The Labute approximate surface area is 140 Å². The molecule has 0 spiro atoms. The number of carbonyl (C=O) groups is 3. The Balaban J connectivity index is 1.99. The number of rotatable bonds is 5. The van der Waals surface area contributed by atoms with Gasteiger partial charge in [0.2, 0.25) is 11.8 Å². The molecule has 0 aromatic carbocycles. The third-order valence-corrected chi connectivity index (χ3v) is 4.94. The van der Waals surface area contributed by atoms with Crippen molar-refractivity contribution in [2.75, 3.05) is 13.1 Å². The highest BCUT2D eigenvalue weighted by Gasteiger charge is 2.31. The molecule has 2 heterocycles. The maximum atomic E-state index is 12.4. The van der Waals surface area contributed by atoms with Crippen molar-refractivity contribution in [2.24, 2.45) is 17.6 Å². The maximum absolute atomic E-state index is 12.4. The Morgan fingerprint density at radius 1 is 1.39 bits per heavy atom. The Morgan fingerprint density at radius 2 is 2.13 bits per heavy atom. The second-order valence-electron chi connectivity index (χ2n) is 6.20. The Hall–Kier alpha value is -1.89. The average molecular weight is 337 g/mol. The standard InChI is InChI=1S/C16H23N3O3S/c1-10(2)13(14(17)20)18-15(21)11-5-3-7-19(9-11)16(22)12-6-4-8-23-12/h4,6,8,10-11,13H,3,5,7,9H2,1-2H3,(H2,17,20)(H,18,21)/t11-,13+/m0/s1. The van der Waals surface area contributed by atoms with Crippen LogP contribution in [0.5, 0.6) is 0 Å². The molecule has 2 atom stereocenters. The molecular weight excluding hydrogens is 314 g/mol. The number of thiophene rings is 1. The molecule has 1 aliphatic heterocycles. The minimum Gasteiger partial charge on any atom is -0.368 e. The minimum absolute atomic E-state index is 0.0344. The highest BCUT2D eigenvalue weighted by molar-refractivity contribution is 7.12. The molecule has 0 radical (unpaired) electrons. The Morgan fingerprint density at radius 3 is 2.70 bits per heavy atom. The predicted octanol–water partition coefficient (Wildman–Crippen LogP) is 1.23. The molecule has 7 heteroatoms. The lowest BCUT2D eigenvalue weighted by atomic mass is 9.95. The van der Waals surface area contributed by atoms with E-state index >= 15 is 0 Å². The average Bonchev–Trinajstić information content (AvgIpc) is 3.05. The first-order valence-corrected chi connectivity index (χ1v) is 8.70. The summed E-state index contributed by atoms with van der Waals surface area (Å²) in [4.78, 5) is 38.6. The van der Waals surface area contributed by atoms with Gasteiger partial charge in [-0.25, -0.2) is 0 Å². The third-order valence-electron chi connectivity index (χ3n) is 4.08. The fourth-order valence-corrected chi connectivity index (χ4v) is 3.46. The zero-order chi connectivity index (χ0) is 17.0. The molecule has 0 bridgehead atoms. The largest absolute Gasteiger partial charge is 0.368 e. The van der Waals surface area contributed by atoms with Crippen molar-refractivity contribution >= 4 is 29.1 Å². The molecule has 1 fully saturated rings. The SMILES string of the molecule is CC(C)[C@@H](NC(=O)[C@H]1CCCN(C(=O)c2cccs2)C1)C(N)=O. The van der Waals surface area contributed by atoms with Crippen LogP contribution in [0.15, 0.2) is 17.5 Å². The van der Waals surface area contributed by atoms with E-state index in [1.54, 1.807) is 11.0 Å². The van der Waals surface area contributed by atoms with Gasteiger partial charge in [0.15, 0.2) is 0 Å². The quantitative estimate of drug-likeness (QED) is 0.846. The highest BCUT2D eigenvalue weighted by Crippen LogP contribution is 2.21. The van der Waals surface area contributed by atoms with E-state index in [4.69, 9.17) is 5.73 Å². The summed E-state index contributed by atoms with van der Waals surface area (Å²) in [5.41, 5.74) is 5.34. The summed E-state index contributed by atoms with van der Waals surface area (Å²) in [6.07, 6.45) is 1.49. The molecule has 0 unspecified atom stereocenters. The van der Waals surface area contributed by atoms with Crippen LogP contribution in [-0.4, -0.2) is 41.8 Å². The van der Waals surface area contributed by atoms with Crippen molar-refractivity contribution in [3.63, 3.8) is 0 Å². The number of hydrogen-bond acceptors (Lipinski definition) is 4. The van der Waals surface area contributed by atoms with Crippen molar-refractivity contribution in [2.45, 2.75) is 32.7 Å². The second kappa shape index (κ2) is 7.59. The zero-order valence-electron chi connectivity index (χ0n) is 13.5. The van der Waals surface area contributed by atoms with Crippen LogP contribution in [0, 0.1) is 11.8 Å². The van der Waals surface area contributed by atoms with Crippen molar-refractivity contribution < 1.29 is 14.4 Å². The van der Waals surface area contributed by atoms with Crippen LogP contribution >= 0.6 is 11.3 Å². The monoisotopic (exact) mass is 337 g/mol. The molecule has 3 N–H and O–H groups in total.